The smallest absolute Gasteiger partial charge is 0.266 e. The summed E-state index contributed by atoms with van der Waals surface area (Å²) in [6.07, 6.45) is 4.29. The zero-order chi connectivity index (χ0) is 21.7. The molecule has 0 bridgehead atoms. The molecule has 0 spiro atoms. The van der Waals surface area contributed by atoms with E-state index in [4.69, 9.17) is 9.47 Å². The van der Waals surface area contributed by atoms with E-state index in [1.165, 1.54) is 24.5 Å². The summed E-state index contributed by atoms with van der Waals surface area (Å²) in [6, 6.07) is 9.38. The van der Waals surface area contributed by atoms with Crippen molar-refractivity contribution in [2.24, 2.45) is 5.92 Å². The summed E-state index contributed by atoms with van der Waals surface area (Å²) in [4.78, 5) is 13.9. The van der Waals surface area contributed by atoms with Gasteiger partial charge in [0, 0.05) is 4.88 Å². The highest BCUT2D eigenvalue weighted by molar-refractivity contribution is 7.16. The van der Waals surface area contributed by atoms with Crippen molar-refractivity contribution in [3.05, 3.63) is 45.3 Å². The molecule has 3 rings (SSSR count). The Hall–Kier alpha value is -3.29. The fourth-order valence-electron chi connectivity index (χ4n) is 3.49. The van der Waals surface area contributed by atoms with Gasteiger partial charge in [0.1, 0.15) is 22.7 Å². The second kappa shape index (κ2) is 9.47. The third-order valence-corrected chi connectivity index (χ3v) is 6.18. The summed E-state index contributed by atoms with van der Waals surface area (Å²) in [7, 11) is 1.53. The average Bonchev–Trinajstić information content (AvgIpc) is 3.08. The van der Waals surface area contributed by atoms with E-state index >= 15 is 0 Å². The number of thiophene rings is 1. The Kier molecular flexibility index (Phi) is 6.76. The first-order valence-corrected chi connectivity index (χ1v) is 10.6. The maximum Gasteiger partial charge on any atom is 0.266 e. The molecule has 0 radical (unpaired) electrons. The van der Waals surface area contributed by atoms with Gasteiger partial charge in [-0.1, -0.05) is 13.0 Å². The van der Waals surface area contributed by atoms with Gasteiger partial charge in [0.25, 0.3) is 5.91 Å². The summed E-state index contributed by atoms with van der Waals surface area (Å²) in [5, 5.41) is 22.4. The molecule has 1 unspecified atom stereocenters. The van der Waals surface area contributed by atoms with Crippen LogP contribution in [-0.2, 0) is 17.6 Å². The van der Waals surface area contributed by atoms with Crippen LogP contribution < -0.4 is 14.8 Å². The topological polar surface area (TPSA) is 95.1 Å². The Morgan fingerprint density at radius 3 is 2.83 bits per heavy atom. The van der Waals surface area contributed by atoms with E-state index in [0.29, 0.717) is 40.2 Å². The normalized spacial score (nSPS) is 15.5. The molecule has 1 N–H and O–H groups in total. The first kappa shape index (κ1) is 21.4. The molecule has 0 aliphatic heterocycles. The van der Waals surface area contributed by atoms with Crippen LogP contribution in [0.3, 0.4) is 0 Å². The van der Waals surface area contributed by atoms with Gasteiger partial charge in [0.2, 0.25) is 0 Å². The molecule has 7 heteroatoms. The number of ether oxygens (including phenoxy) is 2. The number of carbonyl (C=O) groups excluding carboxylic acids is 1. The van der Waals surface area contributed by atoms with E-state index in [9.17, 15) is 15.3 Å². The molecular formula is C23H23N3O3S. The van der Waals surface area contributed by atoms with Gasteiger partial charge in [-0.3, -0.25) is 4.79 Å². The lowest BCUT2D eigenvalue weighted by molar-refractivity contribution is -0.112. The zero-order valence-electron chi connectivity index (χ0n) is 17.2. The number of amides is 1. The second-order valence-electron chi connectivity index (χ2n) is 7.13. The maximum atomic E-state index is 12.8. The summed E-state index contributed by atoms with van der Waals surface area (Å²) < 4.78 is 10.8. The van der Waals surface area contributed by atoms with E-state index in [1.807, 2.05) is 13.0 Å². The van der Waals surface area contributed by atoms with Crippen LogP contribution in [0.15, 0.2) is 23.8 Å². The highest BCUT2D eigenvalue weighted by Crippen LogP contribution is 2.39. The van der Waals surface area contributed by atoms with E-state index in [0.717, 1.165) is 29.7 Å². The van der Waals surface area contributed by atoms with Crippen LogP contribution >= 0.6 is 11.3 Å². The molecule has 154 valence electrons. The fraction of sp³-hybridized carbons (Fsp3) is 0.348. The Bertz CT molecular complexity index is 1070. The van der Waals surface area contributed by atoms with E-state index in [-0.39, 0.29) is 5.57 Å². The highest BCUT2D eigenvalue weighted by atomic mass is 32.1. The quantitative estimate of drug-likeness (QED) is 0.539. The zero-order valence-corrected chi connectivity index (χ0v) is 18.1. The minimum Gasteiger partial charge on any atom is -0.493 e. The van der Waals surface area contributed by atoms with Crippen LogP contribution in [0.1, 0.15) is 41.8 Å². The van der Waals surface area contributed by atoms with E-state index < -0.39 is 5.91 Å². The van der Waals surface area contributed by atoms with E-state index in [1.54, 1.807) is 18.2 Å². The molecule has 0 fully saturated rings. The van der Waals surface area contributed by atoms with Crippen molar-refractivity contribution in [2.75, 3.05) is 19.0 Å². The van der Waals surface area contributed by atoms with Gasteiger partial charge >= 0.3 is 0 Å². The summed E-state index contributed by atoms with van der Waals surface area (Å²) in [5.74, 6) is 1.15. The molecule has 0 saturated heterocycles. The summed E-state index contributed by atoms with van der Waals surface area (Å²) in [5.41, 5.74) is 2.15. The first-order chi connectivity index (χ1) is 14.5. The highest BCUT2D eigenvalue weighted by Gasteiger charge is 2.25. The van der Waals surface area contributed by atoms with Crippen molar-refractivity contribution in [3.8, 4) is 23.6 Å². The summed E-state index contributed by atoms with van der Waals surface area (Å²) >= 11 is 1.44. The number of hydrogen-bond donors (Lipinski definition) is 1. The molecule has 1 aliphatic carbocycles. The predicted octanol–water partition coefficient (Wildman–Crippen LogP) is 4.70. The lowest BCUT2D eigenvalue weighted by atomic mass is 9.88. The SMILES string of the molecule is CCOc1ccc(C=C(C#N)C(=O)Nc2sc3c(c2C#N)CCC(C)C3)cc1OC. The number of nitrogens with zero attached hydrogens (tertiary/aromatic N) is 2. The second-order valence-corrected chi connectivity index (χ2v) is 8.24. The number of anilines is 1. The third kappa shape index (κ3) is 4.48. The van der Waals surface area contributed by atoms with Crippen LogP contribution in [0, 0.1) is 28.6 Å². The predicted molar refractivity (Wildman–Crippen MR) is 117 cm³/mol. The molecule has 0 saturated carbocycles. The molecule has 1 amide bonds. The minimum absolute atomic E-state index is 0.0511. The molecule has 1 aliphatic rings. The number of benzene rings is 1. The average molecular weight is 422 g/mol. The van der Waals surface area contributed by atoms with Crippen molar-refractivity contribution in [1.29, 1.82) is 10.5 Å². The fourth-order valence-corrected chi connectivity index (χ4v) is 4.85. The number of carbonyl (C=O) groups is 1. The molecule has 1 atom stereocenters. The van der Waals surface area contributed by atoms with Crippen LogP contribution in [0.2, 0.25) is 0 Å². The molecule has 1 aromatic heterocycles. The monoisotopic (exact) mass is 421 g/mol. The third-order valence-electron chi connectivity index (χ3n) is 5.01. The Labute approximate surface area is 180 Å². The molecule has 1 aromatic carbocycles. The molecule has 2 aromatic rings. The van der Waals surface area contributed by atoms with Crippen LogP contribution in [0.25, 0.3) is 6.08 Å². The Morgan fingerprint density at radius 1 is 1.37 bits per heavy atom. The maximum absolute atomic E-state index is 12.8. The van der Waals surface area contributed by atoms with Gasteiger partial charge in [0.05, 0.1) is 19.3 Å². The first-order valence-electron chi connectivity index (χ1n) is 9.79. The van der Waals surface area contributed by atoms with E-state index in [2.05, 4.69) is 18.3 Å². The number of fused-ring (bicyclic) bond motifs is 1. The Balaban J connectivity index is 1.86. The van der Waals surface area contributed by atoms with Crippen LogP contribution in [0.4, 0.5) is 5.00 Å². The van der Waals surface area contributed by atoms with Crippen molar-refractivity contribution in [3.63, 3.8) is 0 Å². The lowest BCUT2D eigenvalue weighted by Crippen LogP contribution is -2.13. The lowest BCUT2D eigenvalue weighted by Gasteiger charge is -2.17. The van der Waals surface area contributed by atoms with Crippen molar-refractivity contribution in [1.82, 2.24) is 0 Å². The number of nitrogens with one attached hydrogen (secondary N) is 1. The number of nitriles is 2. The molecular weight excluding hydrogens is 398 g/mol. The molecule has 6 nitrogen and oxygen atoms in total. The minimum atomic E-state index is -0.534. The van der Waals surface area contributed by atoms with Gasteiger partial charge in [-0.2, -0.15) is 10.5 Å². The number of rotatable bonds is 6. The number of methoxy groups -OCH3 is 1. The van der Waals surface area contributed by atoms with Gasteiger partial charge < -0.3 is 14.8 Å². The van der Waals surface area contributed by atoms with Gasteiger partial charge in [-0.05, 0) is 61.4 Å². The van der Waals surface area contributed by atoms with Gasteiger partial charge in [-0.15, -0.1) is 11.3 Å². The van der Waals surface area contributed by atoms with Crippen LogP contribution in [-0.4, -0.2) is 19.6 Å². The standard InChI is InChI=1S/C23H23N3O3S/c1-4-29-19-8-6-15(11-20(19)28-3)10-16(12-24)22(27)26-23-18(13-25)17-7-5-14(2)9-21(17)30-23/h6,8,10-11,14H,4-5,7,9H2,1-3H3,(H,26,27). The summed E-state index contributed by atoms with van der Waals surface area (Å²) in [6.45, 7) is 4.57. The molecule has 30 heavy (non-hydrogen) atoms. The number of hydrogen-bond acceptors (Lipinski definition) is 6. The Morgan fingerprint density at radius 2 is 2.17 bits per heavy atom. The van der Waals surface area contributed by atoms with Gasteiger partial charge in [-0.25, -0.2) is 0 Å². The molecule has 1 heterocycles. The largest absolute Gasteiger partial charge is 0.493 e. The van der Waals surface area contributed by atoms with Gasteiger partial charge in [0.15, 0.2) is 11.5 Å². The van der Waals surface area contributed by atoms with Crippen molar-refractivity contribution in [2.45, 2.75) is 33.1 Å². The van der Waals surface area contributed by atoms with Crippen molar-refractivity contribution < 1.29 is 14.3 Å². The van der Waals surface area contributed by atoms with Crippen LogP contribution in [0.5, 0.6) is 11.5 Å². The van der Waals surface area contributed by atoms with Crippen molar-refractivity contribution >= 4 is 28.3 Å².